The summed E-state index contributed by atoms with van der Waals surface area (Å²) in [6.45, 7) is 7.16. The molecule has 0 radical (unpaired) electrons. The standard InChI is InChI=1S/C19H24ClNO7/c1-18(2)25-12-13(26-18)15-17(28-19(3,4)27-15)24-14(12)16(22)21-9-6-7-11(23-5)10(20)8-9/h6-8,12-15,17H,1-5H3,(H,21,22)/t12-,13+,14+,15+,17-/m0/s1. The van der Waals surface area contributed by atoms with Crippen LogP contribution >= 0.6 is 11.6 Å². The molecule has 154 valence electrons. The first-order valence-corrected chi connectivity index (χ1v) is 9.47. The van der Waals surface area contributed by atoms with E-state index in [1.54, 1.807) is 45.9 Å². The predicted molar refractivity (Wildman–Crippen MR) is 99.2 cm³/mol. The number of nitrogens with one attached hydrogen (secondary N) is 1. The van der Waals surface area contributed by atoms with Crippen molar-refractivity contribution in [1.29, 1.82) is 0 Å². The van der Waals surface area contributed by atoms with Gasteiger partial charge >= 0.3 is 0 Å². The normalized spacial score (nSPS) is 35.1. The third kappa shape index (κ3) is 3.60. The van der Waals surface area contributed by atoms with Crippen molar-refractivity contribution in [2.75, 3.05) is 12.4 Å². The Hall–Kier alpha value is -1.42. The number of amides is 1. The van der Waals surface area contributed by atoms with Crippen LogP contribution in [0.2, 0.25) is 5.02 Å². The Balaban J connectivity index is 1.56. The molecule has 28 heavy (non-hydrogen) atoms. The van der Waals surface area contributed by atoms with Crippen molar-refractivity contribution in [3.05, 3.63) is 23.2 Å². The second-order valence-electron chi connectivity index (χ2n) is 7.93. The van der Waals surface area contributed by atoms with Crippen LogP contribution in [0.15, 0.2) is 18.2 Å². The summed E-state index contributed by atoms with van der Waals surface area (Å²) < 4.78 is 34.8. The number of ether oxygens (including phenoxy) is 6. The highest BCUT2D eigenvalue weighted by Gasteiger charge is 2.62. The Morgan fingerprint density at radius 3 is 2.36 bits per heavy atom. The van der Waals surface area contributed by atoms with E-state index in [0.29, 0.717) is 16.5 Å². The highest BCUT2D eigenvalue weighted by molar-refractivity contribution is 6.32. The quantitative estimate of drug-likeness (QED) is 0.815. The minimum atomic E-state index is -0.939. The number of halogens is 1. The fourth-order valence-electron chi connectivity index (χ4n) is 3.78. The van der Waals surface area contributed by atoms with Crippen LogP contribution in [0.3, 0.4) is 0 Å². The molecule has 0 saturated carbocycles. The highest BCUT2D eigenvalue weighted by Crippen LogP contribution is 2.44. The van der Waals surface area contributed by atoms with E-state index in [-0.39, 0.29) is 5.91 Å². The maximum Gasteiger partial charge on any atom is 0.256 e. The molecule has 1 aromatic rings. The zero-order valence-electron chi connectivity index (χ0n) is 16.4. The van der Waals surface area contributed by atoms with Crippen LogP contribution in [-0.2, 0) is 28.5 Å². The summed E-state index contributed by atoms with van der Waals surface area (Å²) in [7, 11) is 1.52. The Bertz CT molecular complexity index is 784. The molecule has 0 aliphatic carbocycles. The van der Waals surface area contributed by atoms with E-state index in [9.17, 15) is 4.79 Å². The van der Waals surface area contributed by atoms with Gasteiger partial charge in [-0.3, -0.25) is 4.79 Å². The molecule has 9 heteroatoms. The fourth-order valence-corrected chi connectivity index (χ4v) is 4.04. The first-order valence-electron chi connectivity index (χ1n) is 9.10. The minimum Gasteiger partial charge on any atom is -0.495 e. The lowest BCUT2D eigenvalue weighted by Gasteiger charge is -2.36. The molecule has 3 fully saturated rings. The molecule has 3 saturated heterocycles. The summed E-state index contributed by atoms with van der Waals surface area (Å²) in [5, 5.41) is 3.20. The van der Waals surface area contributed by atoms with Gasteiger partial charge in [0.15, 0.2) is 24.0 Å². The fraction of sp³-hybridized carbons (Fsp3) is 0.632. The number of carbonyl (C=O) groups is 1. The number of anilines is 1. The van der Waals surface area contributed by atoms with Gasteiger partial charge in [-0.2, -0.15) is 0 Å². The Labute approximate surface area is 168 Å². The number of fused-ring (bicyclic) bond motifs is 3. The molecule has 3 heterocycles. The minimum absolute atomic E-state index is 0.385. The van der Waals surface area contributed by atoms with E-state index < -0.39 is 42.3 Å². The summed E-state index contributed by atoms with van der Waals surface area (Å²) in [5.74, 6) is -1.58. The van der Waals surface area contributed by atoms with E-state index in [4.69, 9.17) is 40.0 Å². The first-order chi connectivity index (χ1) is 13.1. The van der Waals surface area contributed by atoms with Crippen molar-refractivity contribution in [3.63, 3.8) is 0 Å². The van der Waals surface area contributed by atoms with Gasteiger partial charge in [0.05, 0.1) is 12.1 Å². The van der Waals surface area contributed by atoms with Gasteiger partial charge in [-0.15, -0.1) is 0 Å². The number of hydrogen-bond donors (Lipinski definition) is 1. The molecule has 1 N–H and O–H groups in total. The number of carbonyl (C=O) groups excluding carboxylic acids is 1. The zero-order valence-corrected chi connectivity index (χ0v) is 17.1. The molecule has 3 aliphatic heterocycles. The summed E-state index contributed by atoms with van der Waals surface area (Å²) in [4.78, 5) is 13.0. The van der Waals surface area contributed by atoms with Crippen molar-refractivity contribution in [3.8, 4) is 5.75 Å². The van der Waals surface area contributed by atoms with E-state index in [2.05, 4.69) is 5.32 Å². The lowest BCUT2D eigenvalue weighted by atomic mass is 9.98. The predicted octanol–water partition coefficient (Wildman–Crippen LogP) is 2.68. The molecule has 0 unspecified atom stereocenters. The second-order valence-corrected chi connectivity index (χ2v) is 8.34. The number of hydrogen-bond acceptors (Lipinski definition) is 7. The number of methoxy groups -OCH3 is 1. The average Bonchev–Trinajstić information content (AvgIpc) is 3.08. The monoisotopic (exact) mass is 413 g/mol. The van der Waals surface area contributed by atoms with Gasteiger partial charge < -0.3 is 33.7 Å². The molecule has 5 atom stereocenters. The Morgan fingerprint density at radius 1 is 1.04 bits per heavy atom. The maximum absolute atomic E-state index is 13.0. The van der Waals surface area contributed by atoms with Crippen molar-refractivity contribution in [2.45, 2.75) is 70.0 Å². The van der Waals surface area contributed by atoms with E-state index in [1.807, 2.05) is 0 Å². The van der Waals surface area contributed by atoms with Gasteiger partial charge in [0.2, 0.25) is 0 Å². The lowest BCUT2D eigenvalue weighted by Crippen LogP contribution is -2.58. The van der Waals surface area contributed by atoms with Gasteiger partial charge in [-0.05, 0) is 45.9 Å². The van der Waals surface area contributed by atoms with Crippen molar-refractivity contribution in [1.82, 2.24) is 0 Å². The molecule has 0 spiro atoms. The summed E-state index contributed by atoms with van der Waals surface area (Å²) >= 11 is 6.14. The van der Waals surface area contributed by atoms with Crippen LogP contribution in [0.5, 0.6) is 5.75 Å². The topological polar surface area (TPSA) is 84.5 Å². The third-order valence-corrected chi connectivity index (χ3v) is 5.13. The van der Waals surface area contributed by atoms with E-state index in [1.165, 1.54) is 7.11 Å². The van der Waals surface area contributed by atoms with Crippen molar-refractivity contribution >= 4 is 23.2 Å². The summed E-state index contributed by atoms with van der Waals surface area (Å²) in [6.07, 6.45) is -3.29. The van der Waals surface area contributed by atoms with Crippen LogP contribution < -0.4 is 10.1 Å². The lowest BCUT2D eigenvalue weighted by molar-refractivity contribution is -0.229. The molecule has 1 aromatic carbocycles. The molecule has 0 bridgehead atoms. The van der Waals surface area contributed by atoms with Crippen LogP contribution in [0.25, 0.3) is 0 Å². The van der Waals surface area contributed by atoms with Gasteiger partial charge in [0.25, 0.3) is 5.91 Å². The van der Waals surface area contributed by atoms with Crippen LogP contribution in [0.1, 0.15) is 27.7 Å². The molecule has 4 rings (SSSR count). The average molecular weight is 414 g/mol. The smallest absolute Gasteiger partial charge is 0.256 e. The Morgan fingerprint density at radius 2 is 1.68 bits per heavy atom. The van der Waals surface area contributed by atoms with Crippen molar-refractivity contribution < 1.29 is 33.2 Å². The van der Waals surface area contributed by atoms with Crippen LogP contribution in [0.4, 0.5) is 5.69 Å². The SMILES string of the molecule is COc1ccc(NC(=O)[C@@H]2O[C@H]3OC(C)(C)O[C@@H]3[C@@H]3OC(C)(C)O[C@@H]32)cc1Cl. The van der Waals surface area contributed by atoms with Crippen LogP contribution in [0, 0.1) is 0 Å². The molecular weight excluding hydrogens is 390 g/mol. The highest BCUT2D eigenvalue weighted by atomic mass is 35.5. The van der Waals surface area contributed by atoms with Gasteiger partial charge in [0.1, 0.15) is 24.1 Å². The molecule has 0 aromatic heterocycles. The molecular formula is C19H24ClNO7. The Kier molecular flexibility index (Phi) is 4.85. The molecule has 3 aliphatic rings. The van der Waals surface area contributed by atoms with E-state index >= 15 is 0 Å². The third-order valence-electron chi connectivity index (χ3n) is 4.83. The first kappa shape index (κ1) is 19.9. The largest absolute Gasteiger partial charge is 0.495 e. The maximum atomic E-state index is 13.0. The van der Waals surface area contributed by atoms with Gasteiger partial charge in [0, 0.05) is 5.69 Å². The second kappa shape index (κ2) is 6.83. The number of rotatable bonds is 3. The molecule has 8 nitrogen and oxygen atoms in total. The summed E-state index contributed by atoms with van der Waals surface area (Å²) in [6, 6.07) is 4.98. The summed E-state index contributed by atoms with van der Waals surface area (Å²) in [5.41, 5.74) is 0.514. The molecule has 1 amide bonds. The van der Waals surface area contributed by atoms with Gasteiger partial charge in [-0.25, -0.2) is 0 Å². The zero-order chi connectivity index (χ0) is 20.3. The van der Waals surface area contributed by atoms with Crippen LogP contribution in [-0.4, -0.2) is 55.3 Å². The van der Waals surface area contributed by atoms with Gasteiger partial charge in [-0.1, -0.05) is 11.6 Å². The van der Waals surface area contributed by atoms with Crippen molar-refractivity contribution in [2.24, 2.45) is 0 Å². The number of benzene rings is 1. The van der Waals surface area contributed by atoms with E-state index in [0.717, 1.165) is 0 Å².